The first-order valence-electron chi connectivity index (χ1n) is 6.89. The number of rotatable bonds is 6. The summed E-state index contributed by atoms with van der Waals surface area (Å²) in [5.41, 5.74) is 1.31. The molecule has 0 radical (unpaired) electrons. The largest absolute Gasteiger partial charge is 0.369 e. The molecular weight excluding hydrogens is 268 g/mol. The Balaban J connectivity index is 2.04. The smallest absolute Gasteiger partial charge is 0.274 e. The van der Waals surface area contributed by atoms with Crippen LogP contribution in [0.2, 0.25) is 0 Å². The van der Waals surface area contributed by atoms with Gasteiger partial charge in [-0.1, -0.05) is 6.92 Å². The summed E-state index contributed by atoms with van der Waals surface area (Å²) in [4.78, 5) is 22.3. The zero-order valence-electron chi connectivity index (χ0n) is 12.6. The van der Waals surface area contributed by atoms with Crippen molar-refractivity contribution in [1.82, 2.24) is 24.6 Å². The number of nitrogens with one attached hydrogen (secondary N) is 1. The third-order valence-corrected chi connectivity index (χ3v) is 2.93. The van der Waals surface area contributed by atoms with Gasteiger partial charge in [-0.2, -0.15) is 5.10 Å². The number of hydrogen-bond acceptors (Lipinski definition) is 5. The van der Waals surface area contributed by atoms with Gasteiger partial charge in [-0.05, 0) is 6.42 Å². The molecule has 0 aliphatic rings. The van der Waals surface area contributed by atoms with Crippen molar-refractivity contribution in [3.05, 3.63) is 36.0 Å². The van der Waals surface area contributed by atoms with E-state index in [4.69, 9.17) is 0 Å². The molecule has 2 aromatic rings. The highest BCUT2D eigenvalue weighted by Gasteiger charge is 2.15. The van der Waals surface area contributed by atoms with Gasteiger partial charge in [0, 0.05) is 38.9 Å². The molecule has 0 atom stereocenters. The zero-order valence-corrected chi connectivity index (χ0v) is 12.6. The number of carbonyl (C=O) groups excluding carboxylic acids is 1. The maximum absolute atomic E-state index is 12.4. The standard InChI is InChI=1S/C14H20N6O/c1-4-5-16-13-8-15-7-12(18-13)14(21)19(2)9-11-6-17-20(3)10-11/h6-8,10H,4-5,9H2,1-3H3,(H,16,18). The van der Waals surface area contributed by atoms with E-state index in [-0.39, 0.29) is 5.91 Å². The second kappa shape index (κ2) is 6.83. The topological polar surface area (TPSA) is 75.9 Å². The van der Waals surface area contributed by atoms with Gasteiger partial charge in [0.2, 0.25) is 0 Å². The first-order valence-corrected chi connectivity index (χ1v) is 6.89. The molecule has 7 heteroatoms. The number of hydrogen-bond donors (Lipinski definition) is 1. The van der Waals surface area contributed by atoms with Crippen LogP contribution in [0.25, 0.3) is 0 Å². The van der Waals surface area contributed by atoms with Crippen molar-refractivity contribution < 1.29 is 4.79 Å². The summed E-state index contributed by atoms with van der Waals surface area (Å²) in [5.74, 6) is 0.462. The lowest BCUT2D eigenvalue weighted by Crippen LogP contribution is -2.27. The molecule has 0 saturated carbocycles. The second-order valence-electron chi connectivity index (χ2n) is 4.90. The van der Waals surface area contributed by atoms with Crippen LogP contribution >= 0.6 is 0 Å². The lowest BCUT2D eigenvalue weighted by molar-refractivity contribution is 0.0779. The molecule has 0 unspecified atom stereocenters. The van der Waals surface area contributed by atoms with Gasteiger partial charge in [0.15, 0.2) is 0 Å². The summed E-state index contributed by atoms with van der Waals surface area (Å²) in [7, 11) is 3.59. The van der Waals surface area contributed by atoms with Crippen LogP contribution in [-0.2, 0) is 13.6 Å². The van der Waals surface area contributed by atoms with Gasteiger partial charge in [-0.25, -0.2) is 4.98 Å². The average molecular weight is 288 g/mol. The van der Waals surface area contributed by atoms with E-state index in [0.717, 1.165) is 18.5 Å². The molecule has 2 rings (SSSR count). The summed E-state index contributed by atoms with van der Waals surface area (Å²) < 4.78 is 1.71. The Morgan fingerprint density at radius 3 is 2.86 bits per heavy atom. The molecule has 0 saturated heterocycles. The zero-order chi connectivity index (χ0) is 15.2. The number of aryl methyl sites for hydroxylation is 1. The Labute approximate surface area is 124 Å². The normalized spacial score (nSPS) is 10.4. The van der Waals surface area contributed by atoms with Crippen molar-refractivity contribution in [2.45, 2.75) is 19.9 Å². The van der Waals surface area contributed by atoms with Crippen LogP contribution in [0, 0.1) is 0 Å². The van der Waals surface area contributed by atoms with Crippen molar-refractivity contribution in [2.24, 2.45) is 7.05 Å². The van der Waals surface area contributed by atoms with E-state index in [1.165, 1.54) is 6.20 Å². The van der Waals surface area contributed by atoms with Gasteiger partial charge in [0.05, 0.1) is 18.6 Å². The SMILES string of the molecule is CCCNc1cncc(C(=O)N(C)Cc2cnn(C)c2)n1. The van der Waals surface area contributed by atoms with Gasteiger partial charge in [0.1, 0.15) is 11.5 Å². The third-order valence-electron chi connectivity index (χ3n) is 2.93. The van der Waals surface area contributed by atoms with Crippen molar-refractivity contribution in [1.29, 1.82) is 0 Å². The Morgan fingerprint density at radius 1 is 1.38 bits per heavy atom. The van der Waals surface area contributed by atoms with Crippen molar-refractivity contribution in [3.8, 4) is 0 Å². The highest BCUT2D eigenvalue weighted by atomic mass is 16.2. The fourth-order valence-corrected chi connectivity index (χ4v) is 1.90. The highest BCUT2D eigenvalue weighted by molar-refractivity contribution is 5.92. The van der Waals surface area contributed by atoms with Crippen LogP contribution in [0.3, 0.4) is 0 Å². The molecule has 7 nitrogen and oxygen atoms in total. The van der Waals surface area contributed by atoms with Crippen molar-refractivity contribution in [2.75, 3.05) is 18.9 Å². The van der Waals surface area contributed by atoms with Crippen molar-refractivity contribution in [3.63, 3.8) is 0 Å². The maximum Gasteiger partial charge on any atom is 0.274 e. The van der Waals surface area contributed by atoms with E-state index in [2.05, 4.69) is 27.3 Å². The number of anilines is 1. The molecule has 0 spiro atoms. The van der Waals surface area contributed by atoms with Gasteiger partial charge in [0.25, 0.3) is 5.91 Å². The number of carbonyl (C=O) groups is 1. The summed E-state index contributed by atoms with van der Waals surface area (Å²) in [6.07, 6.45) is 7.72. The minimum atomic E-state index is -0.161. The maximum atomic E-state index is 12.4. The van der Waals surface area contributed by atoms with E-state index in [1.807, 2.05) is 13.2 Å². The van der Waals surface area contributed by atoms with E-state index >= 15 is 0 Å². The van der Waals surface area contributed by atoms with Crippen LogP contribution in [0.1, 0.15) is 29.4 Å². The van der Waals surface area contributed by atoms with Crippen molar-refractivity contribution >= 4 is 11.7 Å². The van der Waals surface area contributed by atoms with E-state index in [9.17, 15) is 4.79 Å². The van der Waals surface area contributed by atoms with Crippen LogP contribution in [-0.4, -0.2) is 44.1 Å². The summed E-state index contributed by atoms with van der Waals surface area (Å²) in [6.45, 7) is 3.36. The van der Waals surface area contributed by atoms with Crippen LogP contribution in [0.4, 0.5) is 5.82 Å². The molecule has 0 aromatic carbocycles. The predicted molar refractivity (Wildman–Crippen MR) is 79.8 cm³/mol. The number of amides is 1. The highest BCUT2D eigenvalue weighted by Crippen LogP contribution is 2.08. The molecule has 0 fully saturated rings. The first kappa shape index (κ1) is 15.0. The van der Waals surface area contributed by atoms with Crippen LogP contribution in [0.5, 0.6) is 0 Å². The Kier molecular flexibility index (Phi) is 4.86. The van der Waals surface area contributed by atoms with E-state index in [0.29, 0.717) is 18.1 Å². The molecule has 21 heavy (non-hydrogen) atoms. The molecule has 0 aliphatic carbocycles. The predicted octanol–water partition coefficient (Wildman–Crippen LogP) is 1.30. The lowest BCUT2D eigenvalue weighted by atomic mass is 10.3. The van der Waals surface area contributed by atoms with Gasteiger partial charge < -0.3 is 10.2 Å². The Bertz CT molecular complexity index is 609. The summed E-state index contributed by atoms with van der Waals surface area (Å²) in [6, 6.07) is 0. The fourth-order valence-electron chi connectivity index (χ4n) is 1.90. The lowest BCUT2D eigenvalue weighted by Gasteiger charge is -2.15. The minimum absolute atomic E-state index is 0.161. The molecule has 0 bridgehead atoms. The molecule has 112 valence electrons. The molecule has 1 N–H and O–H groups in total. The van der Waals surface area contributed by atoms with Gasteiger partial charge in [-0.15, -0.1) is 0 Å². The monoisotopic (exact) mass is 288 g/mol. The second-order valence-corrected chi connectivity index (χ2v) is 4.90. The molecule has 1 amide bonds. The first-order chi connectivity index (χ1) is 10.1. The van der Waals surface area contributed by atoms with Crippen LogP contribution < -0.4 is 5.32 Å². The van der Waals surface area contributed by atoms with E-state index in [1.54, 1.807) is 29.0 Å². The Hall–Kier alpha value is -2.44. The molecule has 2 aromatic heterocycles. The van der Waals surface area contributed by atoms with Gasteiger partial charge >= 0.3 is 0 Å². The van der Waals surface area contributed by atoms with Crippen LogP contribution in [0.15, 0.2) is 24.8 Å². The molecular formula is C14H20N6O. The Morgan fingerprint density at radius 2 is 2.19 bits per heavy atom. The number of aromatic nitrogens is 4. The average Bonchev–Trinajstić information content (AvgIpc) is 2.89. The van der Waals surface area contributed by atoms with Gasteiger partial charge in [-0.3, -0.25) is 14.5 Å². The quantitative estimate of drug-likeness (QED) is 0.867. The van der Waals surface area contributed by atoms with E-state index < -0.39 is 0 Å². The third kappa shape index (κ3) is 4.01. The number of nitrogens with zero attached hydrogens (tertiary/aromatic N) is 5. The summed E-state index contributed by atoms with van der Waals surface area (Å²) >= 11 is 0. The molecule has 0 aliphatic heterocycles. The molecule has 2 heterocycles. The summed E-state index contributed by atoms with van der Waals surface area (Å²) in [5, 5.41) is 7.21. The fraction of sp³-hybridized carbons (Fsp3) is 0.429. The minimum Gasteiger partial charge on any atom is -0.369 e.